The molecule has 1 saturated carbocycles. The second-order valence-corrected chi connectivity index (χ2v) is 7.39. The van der Waals surface area contributed by atoms with E-state index >= 15 is 0 Å². The van der Waals surface area contributed by atoms with Gasteiger partial charge in [0.2, 0.25) is 5.91 Å². The van der Waals surface area contributed by atoms with Gasteiger partial charge in [-0.25, -0.2) is 4.98 Å². The van der Waals surface area contributed by atoms with E-state index in [4.69, 9.17) is 9.72 Å². The first kappa shape index (κ1) is 17.9. The molecule has 3 rings (SSSR count). The minimum absolute atomic E-state index is 0.198. The van der Waals surface area contributed by atoms with Crippen molar-refractivity contribution in [1.29, 1.82) is 0 Å². The summed E-state index contributed by atoms with van der Waals surface area (Å²) >= 11 is 1.57. The zero-order valence-corrected chi connectivity index (χ0v) is 15.8. The number of hydrogen-bond donors (Lipinski definition) is 0. The Morgan fingerprint density at radius 2 is 2.12 bits per heavy atom. The van der Waals surface area contributed by atoms with E-state index in [2.05, 4.69) is 6.92 Å². The molecule has 0 spiro atoms. The van der Waals surface area contributed by atoms with Crippen molar-refractivity contribution in [2.24, 2.45) is 5.92 Å². The highest BCUT2D eigenvalue weighted by Crippen LogP contribution is 2.33. The van der Waals surface area contributed by atoms with Crippen molar-refractivity contribution in [2.75, 3.05) is 19.7 Å². The van der Waals surface area contributed by atoms with E-state index in [0.717, 1.165) is 47.4 Å². The van der Waals surface area contributed by atoms with Crippen LogP contribution in [0.15, 0.2) is 29.6 Å². The third-order valence-corrected chi connectivity index (χ3v) is 5.25. The Morgan fingerprint density at radius 1 is 1.32 bits per heavy atom. The highest BCUT2D eigenvalue weighted by atomic mass is 32.1. The summed E-state index contributed by atoms with van der Waals surface area (Å²) in [6.45, 7) is 6.49. The lowest BCUT2D eigenvalue weighted by molar-refractivity contribution is -0.130. The number of carbonyl (C=O) groups is 1. The molecule has 25 heavy (non-hydrogen) atoms. The molecule has 5 heteroatoms. The maximum atomic E-state index is 12.6. The zero-order chi connectivity index (χ0) is 17.6. The van der Waals surface area contributed by atoms with Gasteiger partial charge in [-0.15, -0.1) is 11.3 Å². The van der Waals surface area contributed by atoms with Crippen molar-refractivity contribution in [1.82, 2.24) is 9.88 Å². The van der Waals surface area contributed by atoms with E-state index in [0.29, 0.717) is 13.0 Å². The SMILES string of the molecule is CCCN(CC1CC1)C(=O)Cc1csc(-c2ccccc2OCC)n1. The normalized spacial score (nSPS) is 13.7. The maximum absolute atomic E-state index is 12.6. The maximum Gasteiger partial charge on any atom is 0.228 e. The van der Waals surface area contributed by atoms with E-state index in [1.807, 2.05) is 41.5 Å². The van der Waals surface area contributed by atoms with Gasteiger partial charge in [0.15, 0.2) is 0 Å². The fourth-order valence-corrected chi connectivity index (χ4v) is 3.75. The number of amides is 1. The molecule has 0 atom stereocenters. The number of aromatic nitrogens is 1. The number of thiazole rings is 1. The zero-order valence-electron chi connectivity index (χ0n) is 15.0. The fourth-order valence-electron chi connectivity index (χ4n) is 2.90. The predicted molar refractivity (Wildman–Crippen MR) is 102 cm³/mol. The first-order chi connectivity index (χ1) is 12.2. The van der Waals surface area contributed by atoms with Crippen LogP contribution in [-0.4, -0.2) is 35.5 Å². The second kappa shape index (κ2) is 8.48. The highest BCUT2D eigenvalue weighted by molar-refractivity contribution is 7.13. The van der Waals surface area contributed by atoms with Gasteiger partial charge in [-0.3, -0.25) is 4.79 Å². The molecule has 4 nitrogen and oxygen atoms in total. The summed E-state index contributed by atoms with van der Waals surface area (Å²) in [7, 11) is 0. The van der Waals surface area contributed by atoms with Crippen LogP contribution in [0.4, 0.5) is 0 Å². The van der Waals surface area contributed by atoms with E-state index in [9.17, 15) is 4.79 Å². The summed E-state index contributed by atoms with van der Waals surface area (Å²) in [5.74, 6) is 1.77. The van der Waals surface area contributed by atoms with Crippen LogP contribution in [0.2, 0.25) is 0 Å². The Morgan fingerprint density at radius 3 is 2.84 bits per heavy atom. The van der Waals surface area contributed by atoms with Crippen LogP contribution in [0.5, 0.6) is 5.75 Å². The number of benzene rings is 1. The van der Waals surface area contributed by atoms with Crippen LogP contribution in [0.1, 0.15) is 38.8 Å². The molecule has 0 N–H and O–H groups in total. The Bertz CT molecular complexity index is 709. The fraction of sp³-hybridized carbons (Fsp3) is 0.500. The van der Waals surface area contributed by atoms with Crippen LogP contribution < -0.4 is 4.74 Å². The molecule has 0 saturated heterocycles. The van der Waals surface area contributed by atoms with Crippen molar-refractivity contribution < 1.29 is 9.53 Å². The van der Waals surface area contributed by atoms with Crippen molar-refractivity contribution >= 4 is 17.2 Å². The van der Waals surface area contributed by atoms with Crippen LogP contribution in [0, 0.1) is 5.92 Å². The van der Waals surface area contributed by atoms with E-state index in [1.165, 1.54) is 12.8 Å². The quantitative estimate of drug-likeness (QED) is 0.667. The Balaban J connectivity index is 1.69. The minimum atomic E-state index is 0.198. The summed E-state index contributed by atoms with van der Waals surface area (Å²) in [6.07, 6.45) is 3.92. The van der Waals surface area contributed by atoms with Gasteiger partial charge in [-0.1, -0.05) is 19.1 Å². The average Bonchev–Trinajstić information content (AvgIpc) is 3.32. The number of para-hydroxylation sites is 1. The molecule has 1 aromatic heterocycles. The molecular weight excluding hydrogens is 332 g/mol. The van der Waals surface area contributed by atoms with Crippen LogP contribution in [-0.2, 0) is 11.2 Å². The summed E-state index contributed by atoms with van der Waals surface area (Å²) in [5, 5.41) is 2.91. The largest absolute Gasteiger partial charge is 0.493 e. The third-order valence-electron chi connectivity index (χ3n) is 4.32. The van der Waals surface area contributed by atoms with Gasteiger partial charge in [0.25, 0.3) is 0 Å². The summed E-state index contributed by atoms with van der Waals surface area (Å²) in [6, 6.07) is 7.94. The lowest BCUT2D eigenvalue weighted by Crippen LogP contribution is -2.34. The smallest absolute Gasteiger partial charge is 0.228 e. The number of hydrogen-bond acceptors (Lipinski definition) is 4. The predicted octanol–water partition coefficient (Wildman–Crippen LogP) is 4.40. The molecule has 0 aliphatic heterocycles. The van der Waals surface area contributed by atoms with Crippen LogP contribution in [0.25, 0.3) is 10.6 Å². The molecule has 0 unspecified atom stereocenters. The second-order valence-electron chi connectivity index (χ2n) is 6.53. The first-order valence-electron chi connectivity index (χ1n) is 9.15. The van der Waals surface area contributed by atoms with Gasteiger partial charge < -0.3 is 9.64 Å². The molecule has 0 radical (unpaired) electrons. The molecule has 1 aliphatic carbocycles. The van der Waals surface area contributed by atoms with Gasteiger partial charge >= 0.3 is 0 Å². The first-order valence-corrected chi connectivity index (χ1v) is 10.0. The van der Waals surface area contributed by atoms with Crippen molar-refractivity contribution in [3.8, 4) is 16.3 Å². The molecule has 1 aliphatic rings. The average molecular weight is 359 g/mol. The Kier molecular flexibility index (Phi) is 6.08. The summed E-state index contributed by atoms with van der Waals surface area (Å²) in [5.41, 5.74) is 1.85. The van der Waals surface area contributed by atoms with E-state index < -0.39 is 0 Å². The molecule has 1 amide bonds. The van der Waals surface area contributed by atoms with Crippen molar-refractivity contribution in [2.45, 2.75) is 39.5 Å². The topological polar surface area (TPSA) is 42.4 Å². The molecule has 1 fully saturated rings. The summed E-state index contributed by atoms with van der Waals surface area (Å²) < 4.78 is 5.69. The van der Waals surface area contributed by atoms with Crippen molar-refractivity contribution in [3.63, 3.8) is 0 Å². The summed E-state index contributed by atoms with van der Waals surface area (Å²) in [4.78, 5) is 19.4. The molecule has 1 aromatic carbocycles. The van der Waals surface area contributed by atoms with E-state index in [1.54, 1.807) is 11.3 Å². The number of carbonyl (C=O) groups excluding carboxylic acids is 1. The molecule has 1 heterocycles. The monoisotopic (exact) mass is 358 g/mol. The van der Waals surface area contributed by atoms with E-state index in [-0.39, 0.29) is 5.91 Å². The van der Waals surface area contributed by atoms with Crippen LogP contribution in [0.3, 0.4) is 0 Å². The van der Waals surface area contributed by atoms with Gasteiger partial charge in [-0.2, -0.15) is 0 Å². The number of rotatable bonds is 9. The number of ether oxygens (including phenoxy) is 1. The van der Waals surface area contributed by atoms with Gasteiger partial charge in [0, 0.05) is 18.5 Å². The van der Waals surface area contributed by atoms with Gasteiger partial charge in [0.1, 0.15) is 10.8 Å². The van der Waals surface area contributed by atoms with Crippen molar-refractivity contribution in [3.05, 3.63) is 35.3 Å². The molecule has 0 bridgehead atoms. The lowest BCUT2D eigenvalue weighted by atomic mass is 10.2. The minimum Gasteiger partial charge on any atom is -0.493 e. The van der Waals surface area contributed by atoms with Gasteiger partial charge in [0.05, 0.1) is 24.3 Å². The third kappa shape index (κ3) is 4.82. The lowest BCUT2D eigenvalue weighted by Gasteiger charge is -2.21. The van der Waals surface area contributed by atoms with Crippen LogP contribution >= 0.6 is 11.3 Å². The number of nitrogens with zero attached hydrogens (tertiary/aromatic N) is 2. The standard InChI is InChI=1S/C20H26N2O2S/c1-3-11-22(13-15-9-10-15)19(23)12-16-14-25-20(21-16)17-7-5-6-8-18(17)24-4-2/h5-8,14-15H,3-4,9-13H2,1-2H3. The molecular formula is C20H26N2O2S. The molecule has 2 aromatic rings. The van der Waals surface area contributed by atoms with Gasteiger partial charge in [-0.05, 0) is 44.2 Å². The highest BCUT2D eigenvalue weighted by Gasteiger charge is 2.26. The molecule has 134 valence electrons. The Labute approximate surface area is 153 Å². The Hall–Kier alpha value is -1.88.